The van der Waals surface area contributed by atoms with Crippen LogP contribution in [0.2, 0.25) is 0 Å². The number of thiophene rings is 1. The van der Waals surface area contributed by atoms with Crippen molar-refractivity contribution in [2.24, 2.45) is 5.73 Å². The Balaban J connectivity index is 2.44. The third-order valence-corrected chi connectivity index (χ3v) is 4.45. The molecule has 0 saturated carbocycles. The highest BCUT2D eigenvalue weighted by Crippen LogP contribution is 2.44. The number of hydrogen-bond acceptors (Lipinski definition) is 3. The van der Waals surface area contributed by atoms with Gasteiger partial charge in [-0.05, 0) is 37.8 Å². The second kappa shape index (κ2) is 3.05. The molecule has 3 heteroatoms. The van der Waals surface area contributed by atoms with E-state index in [2.05, 4.69) is 32.2 Å². The van der Waals surface area contributed by atoms with Crippen molar-refractivity contribution in [2.45, 2.75) is 31.7 Å². The molecule has 2 nitrogen and oxygen atoms in total. The topological polar surface area (TPSA) is 35.2 Å². The van der Waals surface area contributed by atoms with Gasteiger partial charge < -0.3 is 10.5 Å². The first-order chi connectivity index (χ1) is 6.47. The molecule has 2 N–H and O–H groups in total. The number of ether oxygens (including phenoxy) is 1. The van der Waals surface area contributed by atoms with Crippen molar-refractivity contribution in [3.8, 4) is 0 Å². The van der Waals surface area contributed by atoms with Crippen LogP contribution in [0.3, 0.4) is 0 Å². The smallest absolute Gasteiger partial charge is 0.0690 e. The van der Waals surface area contributed by atoms with Gasteiger partial charge in [-0.2, -0.15) is 0 Å². The average molecular weight is 211 g/mol. The third kappa shape index (κ3) is 1.23. The lowest BCUT2D eigenvalue weighted by molar-refractivity contribution is -0.0902. The Kier molecular flexibility index (Phi) is 2.21. The lowest BCUT2D eigenvalue weighted by Gasteiger charge is -2.50. The van der Waals surface area contributed by atoms with E-state index in [4.69, 9.17) is 10.5 Å². The summed E-state index contributed by atoms with van der Waals surface area (Å²) in [6.45, 7) is 7.86. The van der Waals surface area contributed by atoms with Crippen LogP contribution in [0.15, 0.2) is 11.4 Å². The Bertz CT molecular complexity index is 333. The molecule has 2 heterocycles. The van der Waals surface area contributed by atoms with Crippen LogP contribution in [0.5, 0.6) is 0 Å². The Morgan fingerprint density at radius 1 is 1.50 bits per heavy atom. The minimum atomic E-state index is -0.207. The highest BCUT2D eigenvalue weighted by atomic mass is 32.1. The predicted octanol–water partition coefficient (Wildman–Crippen LogP) is 2.06. The molecular weight excluding hydrogens is 194 g/mol. The van der Waals surface area contributed by atoms with Gasteiger partial charge in [0.05, 0.1) is 18.6 Å². The molecule has 0 atom stereocenters. The first-order valence-electron chi connectivity index (χ1n) is 4.88. The monoisotopic (exact) mass is 211 g/mol. The van der Waals surface area contributed by atoms with Crippen molar-refractivity contribution < 1.29 is 4.74 Å². The molecule has 1 aromatic rings. The summed E-state index contributed by atoms with van der Waals surface area (Å²) in [6, 6.07) is 2.16. The van der Waals surface area contributed by atoms with E-state index in [1.165, 1.54) is 10.4 Å². The molecule has 0 radical (unpaired) electrons. The molecule has 0 bridgehead atoms. The fraction of sp³-hybridized carbons (Fsp3) is 0.636. The molecular formula is C11H17NOS. The number of aryl methyl sites for hydroxylation is 1. The maximum atomic E-state index is 6.26. The predicted molar refractivity (Wildman–Crippen MR) is 59.8 cm³/mol. The van der Waals surface area contributed by atoms with Crippen molar-refractivity contribution in [3.05, 3.63) is 21.9 Å². The van der Waals surface area contributed by atoms with Crippen LogP contribution in [-0.2, 0) is 10.2 Å². The SMILES string of the molecule is Cc1ccsc1C1(C(C)(C)N)COC1. The summed E-state index contributed by atoms with van der Waals surface area (Å²) in [7, 11) is 0. The Labute approximate surface area is 89.1 Å². The minimum absolute atomic E-state index is 0.0469. The summed E-state index contributed by atoms with van der Waals surface area (Å²) in [5, 5.41) is 2.14. The molecule has 1 fully saturated rings. The number of nitrogens with two attached hydrogens (primary N) is 1. The quantitative estimate of drug-likeness (QED) is 0.812. The molecule has 1 aliphatic heterocycles. The van der Waals surface area contributed by atoms with Crippen molar-refractivity contribution in [1.29, 1.82) is 0 Å². The van der Waals surface area contributed by atoms with Crippen LogP contribution in [0.1, 0.15) is 24.3 Å². The summed E-state index contributed by atoms with van der Waals surface area (Å²) in [6.07, 6.45) is 0. The molecule has 14 heavy (non-hydrogen) atoms. The standard InChI is InChI=1S/C11H17NOS/c1-8-4-5-14-9(8)11(6-13-7-11)10(2,3)12/h4-5H,6-7,12H2,1-3H3. The Morgan fingerprint density at radius 3 is 2.43 bits per heavy atom. The van der Waals surface area contributed by atoms with Gasteiger partial charge in [0, 0.05) is 10.4 Å². The van der Waals surface area contributed by atoms with Gasteiger partial charge in [0.15, 0.2) is 0 Å². The van der Waals surface area contributed by atoms with Gasteiger partial charge in [0.25, 0.3) is 0 Å². The zero-order chi connectivity index (χ0) is 10.4. The Morgan fingerprint density at radius 2 is 2.14 bits per heavy atom. The van der Waals surface area contributed by atoms with Crippen LogP contribution in [0.4, 0.5) is 0 Å². The second-order valence-corrected chi connectivity index (χ2v) is 5.65. The molecule has 78 valence electrons. The average Bonchev–Trinajstić information content (AvgIpc) is 2.31. The number of hydrogen-bond donors (Lipinski definition) is 1. The zero-order valence-corrected chi connectivity index (χ0v) is 9.78. The molecule has 0 amide bonds. The summed E-state index contributed by atoms with van der Waals surface area (Å²) in [5.74, 6) is 0. The minimum Gasteiger partial charge on any atom is -0.379 e. The first kappa shape index (κ1) is 10.1. The fourth-order valence-corrected chi connectivity index (χ4v) is 3.23. The first-order valence-corrected chi connectivity index (χ1v) is 5.76. The molecule has 1 aromatic heterocycles. The summed E-state index contributed by atoms with van der Waals surface area (Å²) in [5.41, 5.74) is 7.45. The van der Waals surface area contributed by atoms with Gasteiger partial charge in [0.1, 0.15) is 0 Å². The fourth-order valence-electron chi connectivity index (χ4n) is 1.96. The maximum absolute atomic E-state index is 6.26. The van der Waals surface area contributed by atoms with E-state index in [-0.39, 0.29) is 11.0 Å². The summed E-state index contributed by atoms with van der Waals surface area (Å²) >= 11 is 1.80. The molecule has 1 saturated heterocycles. The van der Waals surface area contributed by atoms with Crippen molar-refractivity contribution in [1.82, 2.24) is 0 Å². The summed E-state index contributed by atoms with van der Waals surface area (Å²) < 4.78 is 5.37. The van der Waals surface area contributed by atoms with Crippen molar-refractivity contribution >= 4 is 11.3 Å². The highest BCUT2D eigenvalue weighted by Gasteiger charge is 2.51. The third-order valence-electron chi connectivity index (χ3n) is 3.23. The molecule has 0 aliphatic carbocycles. The van der Waals surface area contributed by atoms with Crippen molar-refractivity contribution in [2.75, 3.05) is 13.2 Å². The van der Waals surface area contributed by atoms with Gasteiger partial charge in [-0.15, -0.1) is 11.3 Å². The normalized spacial score (nSPS) is 20.6. The van der Waals surface area contributed by atoms with Crippen LogP contribution in [-0.4, -0.2) is 18.8 Å². The number of rotatable bonds is 2. The van der Waals surface area contributed by atoms with E-state index in [1.807, 2.05) is 0 Å². The van der Waals surface area contributed by atoms with E-state index >= 15 is 0 Å². The van der Waals surface area contributed by atoms with Gasteiger partial charge in [-0.3, -0.25) is 0 Å². The molecule has 2 rings (SSSR count). The molecule has 1 aliphatic rings. The van der Waals surface area contributed by atoms with Crippen LogP contribution >= 0.6 is 11.3 Å². The van der Waals surface area contributed by atoms with E-state index in [9.17, 15) is 0 Å². The lowest BCUT2D eigenvalue weighted by atomic mass is 9.68. The second-order valence-electron chi connectivity index (χ2n) is 4.73. The van der Waals surface area contributed by atoms with E-state index in [1.54, 1.807) is 11.3 Å². The summed E-state index contributed by atoms with van der Waals surface area (Å²) in [4.78, 5) is 1.40. The Hall–Kier alpha value is -0.380. The maximum Gasteiger partial charge on any atom is 0.0690 e. The van der Waals surface area contributed by atoms with Crippen LogP contribution in [0, 0.1) is 6.92 Å². The largest absolute Gasteiger partial charge is 0.379 e. The van der Waals surface area contributed by atoms with Crippen molar-refractivity contribution in [3.63, 3.8) is 0 Å². The van der Waals surface area contributed by atoms with Gasteiger partial charge in [-0.1, -0.05) is 0 Å². The zero-order valence-electron chi connectivity index (χ0n) is 8.96. The van der Waals surface area contributed by atoms with E-state index in [0.29, 0.717) is 0 Å². The highest BCUT2D eigenvalue weighted by molar-refractivity contribution is 7.10. The lowest BCUT2D eigenvalue weighted by Crippen LogP contribution is -2.64. The molecule has 0 aromatic carbocycles. The molecule has 0 spiro atoms. The van der Waals surface area contributed by atoms with Crippen LogP contribution in [0.25, 0.3) is 0 Å². The van der Waals surface area contributed by atoms with Gasteiger partial charge >= 0.3 is 0 Å². The molecule has 0 unspecified atom stereocenters. The van der Waals surface area contributed by atoms with Crippen LogP contribution < -0.4 is 5.73 Å². The van der Waals surface area contributed by atoms with Gasteiger partial charge in [-0.25, -0.2) is 0 Å². The van der Waals surface area contributed by atoms with E-state index < -0.39 is 0 Å². The van der Waals surface area contributed by atoms with Gasteiger partial charge in [0.2, 0.25) is 0 Å². The van der Waals surface area contributed by atoms with E-state index in [0.717, 1.165) is 13.2 Å².